The summed E-state index contributed by atoms with van der Waals surface area (Å²) in [5, 5.41) is 9.91. The molecule has 3 nitrogen and oxygen atoms in total. The molecule has 0 fully saturated rings. The Morgan fingerprint density at radius 1 is 1.16 bits per heavy atom. The molecule has 19 heavy (non-hydrogen) atoms. The molecular formula is C14H13F2NO2. The molecule has 0 amide bonds. The van der Waals surface area contributed by atoms with Gasteiger partial charge >= 0.3 is 0 Å². The third kappa shape index (κ3) is 3.20. The molecule has 2 rings (SSSR count). The zero-order valence-corrected chi connectivity index (χ0v) is 10.0. The smallest absolute Gasteiger partial charge is 0.167 e. The van der Waals surface area contributed by atoms with Crippen LogP contribution in [0.25, 0.3) is 0 Å². The van der Waals surface area contributed by atoms with Crippen LogP contribution in [-0.2, 0) is 0 Å². The highest BCUT2D eigenvalue weighted by Gasteiger charge is 2.13. The molecule has 100 valence electrons. The maximum absolute atomic E-state index is 13.3. The predicted octanol–water partition coefficient (Wildman–Crippen LogP) is 2.66. The SMILES string of the molecule is Nc1ccccc1C(O)COc1ccc(F)cc1F. The number of halogens is 2. The molecular weight excluding hydrogens is 252 g/mol. The lowest BCUT2D eigenvalue weighted by Crippen LogP contribution is -2.12. The number of rotatable bonds is 4. The van der Waals surface area contributed by atoms with E-state index in [1.54, 1.807) is 24.3 Å². The van der Waals surface area contributed by atoms with Crippen molar-refractivity contribution in [2.24, 2.45) is 0 Å². The summed E-state index contributed by atoms with van der Waals surface area (Å²) < 4.78 is 31.1. The molecule has 2 aromatic rings. The first-order chi connectivity index (χ1) is 9.08. The molecule has 0 aliphatic heterocycles. The molecule has 0 saturated carbocycles. The summed E-state index contributed by atoms with van der Waals surface area (Å²) in [5.41, 5.74) is 6.63. The number of anilines is 1. The summed E-state index contributed by atoms with van der Waals surface area (Å²) in [6.45, 7) is -0.170. The zero-order valence-electron chi connectivity index (χ0n) is 10.0. The third-order valence-electron chi connectivity index (χ3n) is 2.65. The van der Waals surface area contributed by atoms with E-state index in [2.05, 4.69) is 0 Å². The normalized spacial score (nSPS) is 12.2. The van der Waals surface area contributed by atoms with Gasteiger partial charge in [0.05, 0.1) is 0 Å². The maximum Gasteiger partial charge on any atom is 0.167 e. The summed E-state index contributed by atoms with van der Waals surface area (Å²) in [4.78, 5) is 0. The molecule has 0 aromatic heterocycles. The summed E-state index contributed by atoms with van der Waals surface area (Å²) in [7, 11) is 0. The Kier molecular flexibility index (Phi) is 3.97. The van der Waals surface area contributed by atoms with Crippen LogP contribution in [0.3, 0.4) is 0 Å². The van der Waals surface area contributed by atoms with Crippen LogP contribution < -0.4 is 10.5 Å². The first kappa shape index (κ1) is 13.3. The van der Waals surface area contributed by atoms with Gasteiger partial charge in [0, 0.05) is 17.3 Å². The molecule has 0 radical (unpaired) electrons. The summed E-state index contributed by atoms with van der Waals surface area (Å²) in [6, 6.07) is 9.76. The van der Waals surface area contributed by atoms with E-state index >= 15 is 0 Å². The van der Waals surface area contributed by atoms with E-state index in [9.17, 15) is 13.9 Å². The van der Waals surface area contributed by atoms with Crippen LogP contribution in [0.4, 0.5) is 14.5 Å². The predicted molar refractivity (Wildman–Crippen MR) is 67.7 cm³/mol. The minimum Gasteiger partial charge on any atom is -0.487 e. The lowest BCUT2D eigenvalue weighted by molar-refractivity contribution is 0.106. The molecule has 0 heterocycles. The van der Waals surface area contributed by atoms with Crippen molar-refractivity contribution in [2.45, 2.75) is 6.10 Å². The minimum absolute atomic E-state index is 0.116. The molecule has 0 saturated heterocycles. The standard InChI is InChI=1S/C14H13F2NO2/c15-9-5-6-14(11(16)7-9)19-8-13(18)10-3-1-2-4-12(10)17/h1-7,13,18H,8,17H2. The van der Waals surface area contributed by atoms with Gasteiger partial charge < -0.3 is 15.6 Å². The molecule has 0 aliphatic carbocycles. The topological polar surface area (TPSA) is 55.5 Å². The highest BCUT2D eigenvalue weighted by atomic mass is 19.1. The number of hydrogen-bond donors (Lipinski definition) is 2. The van der Waals surface area contributed by atoms with Crippen molar-refractivity contribution in [3.63, 3.8) is 0 Å². The van der Waals surface area contributed by atoms with E-state index in [1.807, 2.05) is 0 Å². The fourth-order valence-electron chi connectivity index (χ4n) is 1.67. The van der Waals surface area contributed by atoms with Crippen molar-refractivity contribution >= 4 is 5.69 Å². The van der Waals surface area contributed by atoms with Gasteiger partial charge in [-0.2, -0.15) is 0 Å². The van der Waals surface area contributed by atoms with Crippen LogP contribution in [0.2, 0.25) is 0 Å². The van der Waals surface area contributed by atoms with Gasteiger partial charge in [0.1, 0.15) is 18.5 Å². The number of nitrogen functional groups attached to an aromatic ring is 1. The maximum atomic E-state index is 13.3. The molecule has 3 N–H and O–H groups in total. The van der Waals surface area contributed by atoms with Crippen LogP contribution in [0, 0.1) is 11.6 Å². The van der Waals surface area contributed by atoms with Gasteiger partial charge in [-0.15, -0.1) is 0 Å². The van der Waals surface area contributed by atoms with Gasteiger partial charge in [-0.05, 0) is 18.2 Å². The molecule has 1 unspecified atom stereocenters. The second-order valence-electron chi connectivity index (χ2n) is 4.03. The average molecular weight is 265 g/mol. The number of benzene rings is 2. The number of hydrogen-bond acceptors (Lipinski definition) is 3. The van der Waals surface area contributed by atoms with E-state index in [1.165, 1.54) is 6.07 Å². The van der Waals surface area contributed by atoms with Gasteiger partial charge in [0.25, 0.3) is 0 Å². The second-order valence-corrected chi connectivity index (χ2v) is 4.03. The summed E-state index contributed by atoms with van der Waals surface area (Å²) in [6.07, 6.45) is -0.981. The lowest BCUT2D eigenvalue weighted by Gasteiger charge is -2.14. The average Bonchev–Trinajstić information content (AvgIpc) is 2.38. The van der Waals surface area contributed by atoms with E-state index in [-0.39, 0.29) is 12.4 Å². The monoisotopic (exact) mass is 265 g/mol. The van der Waals surface area contributed by atoms with Crippen molar-refractivity contribution in [1.82, 2.24) is 0 Å². The van der Waals surface area contributed by atoms with Crippen LogP contribution in [-0.4, -0.2) is 11.7 Å². The quantitative estimate of drug-likeness (QED) is 0.836. The number of aliphatic hydroxyl groups is 1. The van der Waals surface area contributed by atoms with E-state index in [0.717, 1.165) is 12.1 Å². The fraction of sp³-hybridized carbons (Fsp3) is 0.143. The Labute approximate surface area is 109 Å². The highest BCUT2D eigenvalue weighted by Crippen LogP contribution is 2.23. The van der Waals surface area contributed by atoms with Gasteiger partial charge in [-0.25, -0.2) is 8.78 Å². The third-order valence-corrected chi connectivity index (χ3v) is 2.65. The highest BCUT2D eigenvalue weighted by molar-refractivity contribution is 5.47. The second kappa shape index (κ2) is 5.67. The van der Waals surface area contributed by atoms with Crippen molar-refractivity contribution in [3.8, 4) is 5.75 Å². The molecule has 0 bridgehead atoms. The minimum atomic E-state index is -0.981. The molecule has 1 atom stereocenters. The van der Waals surface area contributed by atoms with Gasteiger partial charge in [-0.3, -0.25) is 0 Å². The van der Waals surface area contributed by atoms with Crippen LogP contribution in [0.1, 0.15) is 11.7 Å². The fourth-order valence-corrected chi connectivity index (χ4v) is 1.67. The number of para-hydroxylation sites is 1. The first-order valence-electron chi connectivity index (χ1n) is 5.68. The summed E-state index contributed by atoms with van der Waals surface area (Å²) >= 11 is 0. The zero-order chi connectivity index (χ0) is 13.8. The van der Waals surface area contributed by atoms with E-state index in [0.29, 0.717) is 11.3 Å². The van der Waals surface area contributed by atoms with Gasteiger partial charge in [-0.1, -0.05) is 18.2 Å². The Hall–Kier alpha value is -2.14. The van der Waals surface area contributed by atoms with Crippen molar-refractivity contribution < 1.29 is 18.6 Å². The first-order valence-corrected chi connectivity index (χ1v) is 5.68. The van der Waals surface area contributed by atoms with E-state index in [4.69, 9.17) is 10.5 Å². The van der Waals surface area contributed by atoms with Gasteiger partial charge in [0.15, 0.2) is 11.6 Å². The number of ether oxygens (including phenoxy) is 1. The Morgan fingerprint density at radius 3 is 2.58 bits per heavy atom. The lowest BCUT2D eigenvalue weighted by atomic mass is 10.1. The largest absolute Gasteiger partial charge is 0.487 e. The van der Waals surface area contributed by atoms with Gasteiger partial charge in [0.2, 0.25) is 0 Å². The van der Waals surface area contributed by atoms with Crippen LogP contribution in [0.15, 0.2) is 42.5 Å². The summed E-state index contributed by atoms with van der Waals surface area (Å²) in [5.74, 6) is -1.61. The molecule has 5 heteroatoms. The molecule has 2 aromatic carbocycles. The number of aliphatic hydroxyl groups excluding tert-OH is 1. The Bertz CT molecular complexity index is 575. The van der Waals surface area contributed by atoms with Crippen molar-refractivity contribution in [2.75, 3.05) is 12.3 Å². The Balaban J connectivity index is 2.04. The van der Waals surface area contributed by atoms with Crippen LogP contribution in [0.5, 0.6) is 5.75 Å². The van der Waals surface area contributed by atoms with E-state index < -0.39 is 17.7 Å². The molecule has 0 aliphatic rings. The van der Waals surface area contributed by atoms with Crippen LogP contribution >= 0.6 is 0 Å². The molecule has 0 spiro atoms. The Morgan fingerprint density at radius 2 is 1.89 bits per heavy atom. The number of nitrogens with two attached hydrogens (primary N) is 1. The van der Waals surface area contributed by atoms with Crippen molar-refractivity contribution in [1.29, 1.82) is 0 Å². The van der Waals surface area contributed by atoms with Crippen molar-refractivity contribution in [3.05, 3.63) is 59.7 Å².